The number of benzene rings is 2. The Bertz CT molecular complexity index is 1020. The van der Waals surface area contributed by atoms with Gasteiger partial charge in [-0.25, -0.2) is 4.98 Å². The van der Waals surface area contributed by atoms with E-state index in [2.05, 4.69) is 10.3 Å². The molecule has 0 saturated carbocycles. The number of carbonyl (C=O) groups is 1. The summed E-state index contributed by atoms with van der Waals surface area (Å²) in [5.74, 6) is 0.745. The van der Waals surface area contributed by atoms with Gasteiger partial charge in [-0.1, -0.05) is 24.3 Å². The van der Waals surface area contributed by atoms with Crippen LogP contribution in [0.4, 0.5) is 5.69 Å². The van der Waals surface area contributed by atoms with Gasteiger partial charge in [-0.2, -0.15) is 5.26 Å². The Morgan fingerprint density at radius 2 is 2.00 bits per heavy atom. The maximum atomic E-state index is 12.5. The number of hydrogen-bond donors (Lipinski definition) is 1. The van der Waals surface area contributed by atoms with E-state index in [1.54, 1.807) is 48.0 Å². The van der Waals surface area contributed by atoms with E-state index >= 15 is 0 Å². The van der Waals surface area contributed by atoms with Crippen molar-refractivity contribution in [3.8, 4) is 17.6 Å². The zero-order chi connectivity index (χ0) is 20.5. The van der Waals surface area contributed by atoms with Crippen molar-refractivity contribution in [2.45, 2.75) is 13.5 Å². The summed E-state index contributed by atoms with van der Waals surface area (Å²) in [7, 11) is 0. The number of anilines is 1. The predicted molar refractivity (Wildman–Crippen MR) is 113 cm³/mol. The van der Waals surface area contributed by atoms with Crippen molar-refractivity contribution in [2.24, 2.45) is 0 Å². The van der Waals surface area contributed by atoms with E-state index in [1.807, 2.05) is 24.4 Å². The molecule has 0 radical (unpaired) electrons. The van der Waals surface area contributed by atoms with E-state index in [9.17, 15) is 10.1 Å². The summed E-state index contributed by atoms with van der Waals surface area (Å²) >= 11 is 1.52. The summed E-state index contributed by atoms with van der Waals surface area (Å²) in [6.45, 7) is 2.73. The second-order valence-electron chi connectivity index (χ2n) is 5.89. The lowest BCUT2D eigenvalue weighted by Gasteiger charge is -2.10. The predicted octanol–water partition coefficient (Wildman–Crippen LogP) is 4.67. The maximum Gasteiger partial charge on any atom is 0.266 e. The van der Waals surface area contributed by atoms with E-state index in [1.165, 1.54) is 17.4 Å². The number of nitriles is 1. The van der Waals surface area contributed by atoms with Gasteiger partial charge in [0, 0.05) is 5.38 Å². The van der Waals surface area contributed by atoms with Crippen LogP contribution in [0, 0.1) is 11.3 Å². The third-order valence-electron chi connectivity index (χ3n) is 3.86. The summed E-state index contributed by atoms with van der Waals surface area (Å²) in [4.78, 5) is 16.7. The average molecular weight is 405 g/mol. The molecule has 1 amide bonds. The number of nitrogens with one attached hydrogen (secondary N) is 1. The minimum atomic E-state index is -0.497. The highest BCUT2D eigenvalue weighted by Crippen LogP contribution is 2.24. The van der Waals surface area contributed by atoms with Gasteiger partial charge in [-0.05, 0) is 42.8 Å². The molecular weight excluding hydrogens is 386 g/mol. The fraction of sp³-hybridized carbons (Fsp3) is 0.136. The Morgan fingerprint density at radius 3 is 2.69 bits per heavy atom. The zero-order valence-electron chi connectivity index (χ0n) is 15.8. The minimum absolute atomic E-state index is 0.00700. The van der Waals surface area contributed by atoms with Crippen molar-refractivity contribution < 1.29 is 14.3 Å². The van der Waals surface area contributed by atoms with Gasteiger partial charge in [0.1, 0.15) is 29.7 Å². The first-order valence-electron chi connectivity index (χ1n) is 8.94. The highest BCUT2D eigenvalue weighted by molar-refractivity contribution is 7.07. The number of amides is 1. The number of thiazole rings is 1. The number of hydrogen-bond acceptors (Lipinski definition) is 6. The van der Waals surface area contributed by atoms with Crippen LogP contribution in [0.15, 0.2) is 65.0 Å². The topological polar surface area (TPSA) is 84.2 Å². The Morgan fingerprint density at radius 1 is 1.21 bits per heavy atom. The highest BCUT2D eigenvalue weighted by Gasteiger charge is 2.12. The van der Waals surface area contributed by atoms with Crippen LogP contribution in [0.1, 0.15) is 18.2 Å². The molecule has 0 unspecified atom stereocenters. The third kappa shape index (κ3) is 5.67. The van der Waals surface area contributed by atoms with Gasteiger partial charge >= 0.3 is 0 Å². The summed E-state index contributed by atoms with van der Waals surface area (Å²) in [6, 6.07) is 16.2. The van der Waals surface area contributed by atoms with Crippen LogP contribution in [0.25, 0.3) is 6.08 Å². The molecule has 0 aliphatic rings. The number of para-hydroxylation sites is 2. The lowest BCUT2D eigenvalue weighted by molar-refractivity contribution is -0.112. The summed E-state index contributed by atoms with van der Waals surface area (Å²) in [5, 5.41) is 14.1. The number of aromatic nitrogens is 1. The lowest BCUT2D eigenvalue weighted by atomic mass is 10.1. The van der Waals surface area contributed by atoms with Gasteiger partial charge in [0.05, 0.1) is 23.5 Å². The average Bonchev–Trinajstić information content (AvgIpc) is 3.26. The quantitative estimate of drug-likeness (QED) is 0.435. The minimum Gasteiger partial charge on any atom is -0.492 e. The summed E-state index contributed by atoms with van der Waals surface area (Å²) < 4.78 is 11.2. The van der Waals surface area contributed by atoms with Crippen LogP contribution in [0.5, 0.6) is 11.5 Å². The monoisotopic (exact) mass is 405 g/mol. The molecule has 0 saturated heterocycles. The van der Waals surface area contributed by atoms with E-state index in [0.717, 1.165) is 11.3 Å². The van der Waals surface area contributed by atoms with Crippen LogP contribution in [0.3, 0.4) is 0 Å². The first kappa shape index (κ1) is 20.1. The van der Waals surface area contributed by atoms with E-state index in [-0.39, 0.29) is 5.57 Å². The molecule has 3 rings (SSSR count). The lowest BCUT2D eigenvalue weighted by Crippen LogP contribution is -2.14. The summed E-state index contributed by atoms with van der Waals surface area (Å²) in [6.07, 6.45) is 1.53. The number of ether oxygens (including phenoxy) is 2. The van der Waals surface area contributed by atoms with Crippen molar-refractivity contribution in [1.82, 2.24) is 4.98 Å². The molecule has 1 N–H and O–H groups in total. The number of nitrogens with zero attached hydrogens (tertiary/aromatic N) is 2. The largest absolute Gasteiger partial charge is 0.492 e. The van der Waals surface area contributed by atoms with Crippen LogP contribution >= 0.6 is 11.3 Å². The maximum absolute atomic E-state index is 12.5. The summed E-state index contributed by atoms with van der Waals surface area (Å²) in [5.41, 5.74) is 3.86. The fourth-order valence-electron chi connectivity index (χ4n) is 2.48. The molecule has 1 aromatic heterocycles. The van der Waals surface area contributed by atoms with Crippen LogP contribution in [0.2, 0.25) is 0 Å². The van der Waals surface area contributed by atoms with Crippen molar-refractivity contribution in [1.29, 1.82) is 5.26 Å². The molecule has 0 bridgehead atoms. The van der Waals surface area contributed by atoms with Gasteiger partial charge in [0.15, 0.2) is 0 Å². The Hall–Kier alpha value is -3.63. The molecule has 7 heteroatoms. The molecule has 29 heavy (non-hydrogen) atoms. The first-order chi connectivity index (χ1) is 14.2. The normalized spacial score (nSPS) is 10.8. The molecule has 3 aromatic rings. The second-order valence-corrected chi connectivity index (χ2v) is 6.61. The van der Waals surface area contributed by atoms with Crippen molar-refractivity contribution >= 4 is 29.0 Å². The Labute approximate surface area is 173 Å². The standard InChI is InChI=1S/C22H19N3O3S/c1-2-27-21-6-4-3-5-20(21)25-22(26)17(12-23)11-16-7-9-19(10-8-16)28-13-18-14-29-15-24-18/h3-11,14-15H,2,13H2,1H3,(H,25,26)/b17-11+. The molecule has 0 fully saturated rings. The van der Waals surface area contributed by atoms with Crippen molar-refractivity contribution in [2.75, 3.05) is 11.9 Å². The molecule has 0 spiro atoms. The molecule has 0 aliphatic heterocycles. The number of rotatable bonds is 8. The SMILES string of the molecule is CCOc1ccccc1NC(=O)/C(C#N)=C/c1ccc(OCc2cscn2)cc1. The molecular formula is C22H19N3O3S. The number of carbonyl (C=O) groups excluding carboxylic acids is 1. The second kappa shape index (κ2) is 10.1. The molecule has 6 nitrogen and oxygen atoms in total. The highest BCUT2D eigenvalue weighted by atomic mass is 32.1. The molecule has 0 atom stereocenters. The van der Waals surface area contributed by atoms with Crippen molar-refractivity contribution in [3.63, 3.8) is 0 Å². The smallest absolute Gasteiger partial charge is 0.266 e. The fourth-order valence-corrected chi connectivity index (χ4v) is 3.03. The zero-order valence-corrected chi connectivity index (χ0v) is 16.6. The molecule has 0 aliphatic carbocycles. The van der Waals surface area contributed by atoms with Gasteiger partial charge in [-0.3, -0.25) is 4.79 Å². The van der Waals surface area contributed by atoms with Gasteiger partial charge < -0.3 is 14.8 Å². The van der Waals surface area contributed by atoms with Crippen molar-refractivity contribution in [3.05, 3.63) is 76.3 Å². The van der Waals surface area contributed by atoms with E-state index < -0.39 is 5.91 Å². The van der Waals surface area contributed by atoms with Crippen LogP contribution in [-0.4, -0.2) is 17.5 Å². The van der Waals surface area contributed by atoms with Crippen LogP contribution in [-0.2, 0) is 11.4 Å². The van der Waals surface area contributed by atoms with E-state index in [0.29, 0.717) is 30.4 Å². The van der Waals surface area contributed by atoms with Crippen LogP contribution < -0.4 is 14.8 Å². The van der Waals surface area contributed by atoms with Gasteiger partial charge in [0.25, 0.3) is 5.91 Å². The Kier molecular flexibility index (Phi) is 6.98. The van der Waals surface area contributed by atoms with Gasteiger partial charge in [-0.15, -0.1) is 11.3 Å². The Balaban J connectivity index is 1.67. The first-order valence-corrected chi connectivity index (χ1v) is 9.88. The third-order valence-corrected chi connectivity index (χ3v) is 4.50. The molecule has 1 heterocycles. The van der Waals surface area contributed by atoms with E-state index in [4.69, 9.17) is 9.47 Å². The van der Waals surface area contributed by atoms with Gasteiger partial charge in [0.2, 0.25) is 0 Å². The molecule has 2 aromatic carbocycles. The molecule has 146 valence electrons.